The summed E-state index contributed by atoms with van der Waals surface area (Å²) in [5, 5.41) is 4.67. The topological polar surface area (TPSA) is 45.7 Å². The van der Waals surface area contributed by atoms with Crippen molar-refractivity contribution in [2.75, 3.05) is 4.90 Å². The lowest BCUT2D eigenvalue weighted by molar-refractivity contribution is 0.660. The Hall–Kier alpha value is -11.3. The average Bonchev–Trinajstić information content (AvgIpc) is 1.59. The third-order valence-corrected chi connectivity index (χ3v) is 21.8. The molecule has 2 aromatic heterocycles. The summed E-state index contributed by atoms with van der Waals surface area (Å²) in [4.78, 5) is 2.33. The standard InChI is InChI=1S/C90H64N4OS/c1-89(2)78-19-11-8-16-70(78)72-43-34-63(52-80(72)89)57-26-22-55(23-27-57)61-37-47-82-76(50-61)77-51-62(56-24-28-58(29-25-56)64-35-44-73-71-17-9-12-20-79(71)90(3,4)81(73)53-64)38-48-83(77)94(82)68-41-32-60(33-42-68)69-46-49-84(88-87(69)91-96-92-88)93(66-14-6-5-7-15-66)67-39-30-59(31-40-67)65-36-45-75-74-18-10-13-21-85(74)95-86(75)54-65/h5-54,87,91H,1-4H3. The molecule has 3 heterocycles. The second-order valence-electron chi connectivity index (χ2n) is 27.2. The van der Waals surface area contributed by atoms with Crippen molar-refractivity contribution in [2.45, 2.75) is 44.6 Å². The van der Waals surface area contributed by atoms with Crippen LogP contribution in [0, 0.1) is 0 Å². The molecule has 0 amide bonds. The first kappa shape index (κ1) is 56.3. The summed E-state index contributed by atoms with van der Waals surface area (Å²) in [6.07, 6.45) is 4.52. The minimum Gasteiger partial charge on any atom is -0.456 e. The van der Waals surface area contributed by atoms with Gasteiger partial charge in [0.2, 0.25) is 0 Å². The SMILES string of the molecule is CC1(C)c2ccccc2-c2ccc(-c3ccc(-c4ccc5c(c4)c4cc(-c6ccc(-c7ccc8c(c7)C(C)(C)c7ccccc7-8)cc6)ccc4n5-c4ccc(C5=CC=C(N(c6ccccc6)c6ccc(-c7ccc8c(c7)oc7ccccc78)cc6)C6=NSNC56)cc4)cc3)cc21. The number of fused-ring (bicyclic) bond motifs is 13. The van der Waals surface area contributed by atoms with Gasteiger partial charge in [-0.15, -0.1) is 0 Å². The summed E-state index contributed by atoms with van der Waals surface area (Å²) in [6.45, 7) is 9.42. The Morgan fingerprint density at radius 3 is 1.39 bits per heavy atom. The molecular formula is C90H64N4OS. The van der Waals surface area contributed by atoms with E-state index in [2.05, 4.69) is 333 Å². The molecule has 4 aliphatic rings. The third-order valence-electron chi connectivity index (χ3n) is 21.2. The number of furan rings is 1. The summed E-state index contributed by atoms with van der Waals surface area (Å²) in [5.74, 6) is 0. The van der Waals surface area contributed by atoms with Gasteiger partial charge >= 0.3 is 0 Å². The zero-order valence-electron chi connectivity index (χ0n) is 53.6. The Labute approximate surface area is 563 Å². The van der Waals surface area contributed by atoms with Crippen LogP contribution in [0.25, 0.3) is 133 Å². The van der Waals surface area contributed by atoms with Crippen molar-refractivity contribution in [1.82, 2.24) is 9.29 Å². The molecular weight excluding hydrogens is 1190 g/mol. The first-order valence-corrected chi connectivity index (χ1v) is 34.0. The normalized spacial score (nSPS) is 15.5. The summed E-state index contributed by atoms with van der Waals surface area (Å²) < 4.78 is 17.6. The lowest BCUT2D eigenvalue weighted by Gasteiger charge is -2.32. The quantitative estimate of drug-likeness (QED) is 0.139. The first-order chi connectivity index (χ1) is 47.1. The Kier molecular flexibility index (Phi) is 12.7. The van der Waals surface area contributed by atoms with Gasteiger partial charge < -0.3 is 13.9 Å². The van der Waals surface area contributed by atoms with E-state index in [1.807, 2.05) is 12.1 Å². The fourth-order valence-electron chi connectivity index (χ4n) is 16.1. The highest BCUT2D eigenvalue weighted by Crippen LogP contribution is 2.52. The van der Waals surface area contributed by atoms with Crippen LogP contribution in [0.5, 0.6) is 0 Å². The van der Waals surface area contributed by atoms with E-state index in [0.29, 0.717) is 0 Å². The summed E-state index contributed by atoms with van der Waals surface area (Å²) in [5.41, 5.74) is 34.3. The number of nitrogens with one attached hydrogen (secondary N) is 1. The minimum atomic E-state index is -0.132. The number of para-hydroxylation sites is 2. The van der Waals surface area contributed by atoms with E-state index >= 15 is 0 Å². The maximum absolute atomic E-state index is 6.29. The lowest BCUT2D eigenvalue weighted by Crippen LogP contribution is -2.37. The van der Waals surface area contributed by atoms with Gasteiger partial charge in [0.15, 0.2) is 0 Å². The molecule has 5 nitrogen and oxygen atoms in total. The fraction of sp³-hybridized carbons (Fsp3) is 0.0778. The van der Waals surface area contributed by atoms with Crippen molar-refractivity contribution >= 4 is 78.5 Å². The number of anilines is 2. The van der Waals surface area contributed by atoms with Gasteiger partial charge in [0, 0.05) is 49.4 Å². The molecule has 13 aromatic carbocycles. The fourth-order valence-corrected chi connectivity index (χ4v) is 16.8. The number of benzene rings is 13. The van der Waals surface area contributed by atoms with Crippen molar-refractivity contribution in [3.8, 4) is 83.6 Å². The monoisotopic (exact) mass is 1250 g/mol. The van der Waals surface area contributed by atoms with Crippen LogP contribution in [0.3, 0.4) is 0 Å². The number of allylic oxidation sites excluding steroid dienone is 2. The second kappa shape index (κ2) is 21.6. The molecule has 1 aliphatic heterocycles. The van der Waals surface area contributed by atoms with Gasteiger partial charge in [0.25, 0.3) is 0 Å². The van der Waals surface area contributed by atoms with E-state index in [4.69, 9.17) is 8.81 Å². The van der Waals surface area contributed by atoms with Crippen LogP contribution in [-0.2, 0) is 10.8 Å². The molecule has 0 saturated carbocycles. The van der Waals surface area contributed by atoms with E-state index in [9.17, 15) is 0 Å². The van der Waals surface area contributed by atoms with E-state index in [1.54, 1.807) is 0 Å². The molecule has 0 saturated heterocycles. The van der Waals surface area contributed by atoms with Gasteiger partial charge in [-0.2, -0.15) is 0 Å². The van der Waals surface area contributed by atoms with Gasteiger partial charge in [0.05, 0.1) is 40.6 Å². The number of nitrogens with zero attached hydrogens (tertiary/aromatic N) is 3. The van der Waals surface area contributed by atoms with Crippen molar-refractivity contribution < 1.29 is 4.42 Å². The number of hydrogen-bond donors (Lipinski definition) is 1. The van der Waals surface area contributed by atoms with Gasteiger partial charge in [-0.05, 0) is 208 Å². The van der Waals surface area contributed by atoms with E-state index < -0.39 is 0 Å². The molecule has 0 spiro atoms. The average molecular weight is 1250 g/mol. The van der Waals surface area contributed by atoms with E-state index in [1.165, 1.54) is 117 Å². The molecule has 19 rings (SSSR count). The van der Waals surface area contributed by atoms with Crippen LogP contribution in [-0.4, -0.2) is 16.3 Å². The molecule has 6 heteroatoms. The molecule has 0 radical (unpaired) electrons. The van der Waals surface area contributed by atoms with Crippen molar-refractivity contribution in [2.24, 2.45) is 4.40 Å². The van der Waals surface area contributed by atoms with Gasteiger partial charge in [0.1, 0.15) is 11.2 Å². The Balaban J connectivity index is 0.664. The van der Waals surface area contributed by atoms with Crippen LogP contribution in [0.2, 0.25) is 0 Å². The number of aromatic nitrogens is 1. The summed E-state index contributed by atoms with van der Waals surface area (Å²) >= 11 is 1.41. The van der Waals surface area contributed by atoms with Crippen LogP contribution in [0.15, 0.2) is 318 Å². The molecule has 96 heavy (non-hydrogen) atoms. The lowest BCUT2D eigenvalue weighted by atomic mass is 9.81. The molecule has 0 bridgehead atoms. The van der Waals surface area contributed by atoms with Crippen molar-refractivity contribution in [3.63, 3.8) is 0 Å². The Morgan fingerprint density at radius 2 is 0.802 bits per heavy atom. The van der Waals surface area contributed by atoms with Crippen LogP contribution in [0.1, 0.15) is 55.5 Å². The summed E-state index contributed by atoms with van der Waals surface area (Å²) in [6, 6.07) is 107. The third kappa shape index (κ3) is 8.86. The Morgan fingerprint density at radius 1 is 0.365 bits per heavy atom. The minimum absolute atomic E-state index is 0.0603. The highest BCUT2D eigenvalue weighted by molar-refractivity contribution is 7.96. The second-order valence-corrected chi connectivity index (χ2v) is 27.8. The predicted molar refractivity (Wildman–Crippen MR) is 403 cm³/mol. The predicted octanol–water partition coefficient (Wildman–Crippen LogP) is 23.7. The van der Waals surface area contributed by atoms with E-state index in [0.717, 1.165) is 78.1 Å². The molecule has 1 atom stereocenters. The molecule has 456 valence electrons. The van der Waals surface area contributed by atoms with Gasteiger partial charge in [-0.3, -0.25) is 0 Å². The van der Waals surface area contributed by atoms with Crippen LogP contribution >= 0.6 is 12.1 Å². The van der Waals surface area contributed by atoms with Crippen LogP contribution < -0.4 is 9.62 Å². The van der Waals surface area contributed by atoms with Crippen LogP contribution in [0.4, 0.5) is 11.4 Å². The highest BCUT2D eigenvalue weighted by Gasteiger charge is 2.38. The maximum atomic E-state index is 6.29. The largest absolute Gasteiger partial charge is 0.456 e. The first-order valence-electron chi connectivity index (χ1n) is 33.3. The highest BCUT2D eigenvalue weighted by atomic mass is 32.2. The Bertz CT molecular complexity index is 5600. The number of hydrogen-bond acceptors (Lipinski definition) is 5. The molecule has 3 aliphatic carbocycles. The molecule has 1 unspecified atom stereocenters. The molecule has 1 N–H and O–H groups in total. The maximum Gasteiger partial charge on any atom is 0.136 e. The van der Waals surface area contributed by atoms with Gasteiger partial charge in [-0.25, -0.2) is 9.12 Å². The number of rotatable bonds is 10. The summed E-state index contributed by atoms with van der Waals surface area (Å²) in [7, 11) is 0. The van der Waals surface area contributed by atoms with Crippen molar-refractivity contribution in [1.29, 1.82) is 0 Å². The smallest absolute Gasteiger partial charge is 0.136 e. The zero-order valence-corrected chi connectivity index (χ0v) is 54.4. The van der Waals surface area contributed by atoms with Gasteiger partial charge in [-0.1, -0.05) is 234 Å². The molecule has 15 aromatic rings. The zero-order chi connectivity index (χ0) is 64.0. The molecule has 0 fully saturated rings. The van der Waals surface area contributed by atoms with Crippen molar-refractivity contribution in [3.05, 3.63) is 337 Å². The van der Waals surface area contributed by atoms with E-state index in [-0.39, 0.29) is 16.9 Å².